The number of rotatable bonds is 4. The molecule has 136 valence electrons. The van der Waals surface area contributed by atoms with E-state index >= 15 is 0 Å². The van der Waals surface area contributed by atoms with Gasteiger partial charge >= 0.3 is 0 Å². The molecular formula is C16H13ClFIN4O2S. The van der Waals surface area contributed by atoms with Gasteiger partial charge in [-0.3, -0.25) is 4.99 Å². The van der Waals surface area contributed by atoms with E-state index in [1.165, 1.54) is 0 Å². The summed E-state index contributed by atoms with van der Waals surface area (Å²) >= 11 is 8.34. The zero-order valence-electron chi connectivity index (χ0n) is 13.1. The highest BCUT2D eigenvalue weighted by Gasteiger charge is 2.22. The minimum atomic E-state index is -4.24. The molecule has 1 aliphatic rings. The SMILES string of the molecule is NC1=NCC=C1c1cc(S(N)(=O)=O)c(F)cc1Nc1ccc(I)cc1Cl. The summed E-state index contributed by atoms with van der Waals surface area (Å²) < 4.78 is 38.7. The summed E-state index contributed by atoms with van der Waals surface area (Å²) in [7, 11) is -4.24. The Labute approximate surface area is 168 Å². The highest BCUT2D eigenvalue weighted by atomic mass is 127. The Bertz CT molecular complexity index is 1070. The van der Waals surface area contributed by atoms with Crippen LogP contribution in [0, 0.1) is 9.39 Å². The number of primary sulfonamides is 1. The molecule has 2 aromatic carbocycles. The number of amidine groups is 1. The maximum atomic E-state index is 14.4. The Morgan fingerprint density at radius 2 is 1.96 bits per heavy atom. The number of nitrogens with zero attached hydrogens (tertiary/aromatic N) is 1. The monoisotopic (exact) mass is 506 g/mol. The molecule has 26 heavy (non-hydrogen) atoms. The van der Waals surface area contributed by atoms with Gasteiger partial charge in [-0.05, 0) is 52.9 Å². The van der Waals surface area contributed by atoms with Crippen LogP contribution in [0.4, 0.5) is 15.8 Å². The quantitative estimate of drug-likeness (QED) is 0.553. The molecule has 0 fully saturated rings. The van der Waals surface area contributed by atoms with Crippen LogP contribution in [0.5, 0.6) is 0 Å². The summed E-state index contributed by atoms with van der Waals surface area (Å²) in [4.78, 5) is 3.44. The van der Waals surface area contributed by atoms with Crippen molar-refractivity contribution in [1.82, 2.24) is 0 Å². The van der Waals surface area contributed by atoms with Crippen molar-refractivity contribution in [2.75, 3.05) is 11.9 Å². The van der Waals surface area contributed by atoms with Crippen molar-refractivity contribution in [1.29, 1.82) is 0 Å². The average molecular weight is 507 g/mol. The van der Waals surface area contributed by atoms with Crippen molar-refractivity contribution in [2.45, 2.75) is 4.90 Å². The minimum absolute atomic E-state index is 0.230. The second-order valence-electron chi connectivity index (χ2n) is 5.47. The standard InChI is InChI=1S/C16H13ClFIN4O2S/c17-11-5-8(19)1-2-13(11)23-14-7-12(18)15(26(21,24)25)6-10(14)9-3-4-22-16(9)20/h1-3,5-7,23H,4H2,(H2,20,22)(H2,21,24,25). The Morgan fingerprint density at radius 1 is 1.23 bits per heavy atom. The van der Waals surface area contributed by atoms with Crippen molar-refractivity contribution in [3.05, 3.63) is 56.4 Å². The number of aliphatic imine (C=N–C) groups is 1. The Kier molecular flexibility index (Phi) is 5.24. The minimum Gasteiger partial charge on any atom is -0.383 e. The summed E-state index contributed by atoms with van der Waals surface area (Å²) in [5.41, 5.74) is 7.56. The van der Waals surface area contributed by atoms with Gasteiger partial charge in [0.2, 0.25) is 10.0 Å². The molecule has 0 aliphatic carbocycles. The van der Waals surface area contributed by atoms with Gasteiger partial charge < -0.3 is 11.1 Å². The molecule has 0 saturated carbocycles. The summed E-state index contributed by atoms with van der Waals surface area (Å²) in [5.74, 6) is -0.747. The third kappa shape index (κ3) is 3.85. The van der Waals surface area contributed by atoms with Crippen LogP contribution in [-0.2, 0) is 10.0 Å². The zero-order valence-corrected chi connectivity index (χ0v) is 16.9. The lowest BCUT2D eigenvalue weighted by Gasteiger charge is -2.16. The van der Waals surface area contributed by atoms with Crippen LogP contribution in [0.1, 0.15) is 5.56 Å². The van der Waals surface area contributed by atoms with Gasteiger partial charge in [-0.25, -0.2) is 17.9 Å². The van der Waals surface area contributed by atoms with Crippen LogP contribution in [0.25, 0.3) is 5.57 Å². The van der Waals surface area contributed by atoms with Crippen LogP contribution >= 0.6 is 34.2 Å². The van der Waals surface area contributed by atoms with Gasteiger partial charge in [0.15, 0.2) is 0 Å². The van der Waals surface area contributed by atoms with Crippen LogP contribution in [-0.4, -0.2) is 20.8 Å². The molecule has 1 heterocycles. The number of nitrogens with one attached hydrogen (secondary N) is 1. The predicted molar refractivity (Wildman–Crippen MR) is 110 cm³/mol. The number of hydrogen-bond acceptors (Lipinski definition) is 5. The van der Waals surface area contributed by atoms with Crippen LogP contribution in [0.3, 0.4) is 0 Å². The van der Waals surface area contributed by atoms with Gasteiger partial charge in [-0.1, -0.05) is 17.7 Å². The van der Waals surface area contributed by atoms with Crippen LogP contribution in [0.2, 0.25) is 5.02 Å². The first-order valence-electron chi connectivity index (χ1n) is 7.26. The van der Waals surface area contributed by atoms with Gasteiger partial charge in [-0.15, -0.1) is 0 Å². The number of hydrogen-bond donors (Lipinski definition) is 3. The lowest BCUT2D eigenvalue weighted by atomic mass is 10.0. The molecule has 10 heteroatoms. The molecule has 3 rings (SSSR count). The van der Waals surface area contributed by atoms with Crippen molar-refractivity contribution >= 4 is 67.0 Å². The van der Waals surface area contributed by atoms with Gasteiger partial charge in [0.05, 0.1) is 17.3 Å². The molecular weight excluding hydrogens is 494 g/mol. The van der Waals surface area contributed by atoms with E-state index in [-0.39, 0.29) is 5.84 Å². The van der Waals surface area contributed by atoms with E-state index in [0.29, 0.717) is 34.1 Å². The summed E-state index contributed by atoms with van der Waals surface area (Å²) in [6.45, 7) is 0.354. The molecule has 0 bridgehead atoms. The zero-order chi connectivity index (χ0) is 19.1. The lowest BCUT2D eigenvalue weighted by Crippen LogP contribution is -2.17. The summed E-state index contributed by atoms with van der Waals surface area (Å²) in [6.07, 6.45) is 1.72. The second kappa shape index (κ2) is 7.14. The molecule has 0 aromatic heterocycles. The molecule has 6 nitrogen and oxygen atoms in total. The number of anilines is 2. The lowest BCUT2D eigenvalue weighted by molar-refractivity contribution is 0.568. The highest BCUT2D eigenvalue weighted by molar-refractivity contribution is 14.1. The number of halogens is 3. The first kappa shape index (κ1) is 19.1. The molecule has 0 saturated heterocycles. The van der Waals surface area contributed by atoms with E-state index in [1.807, 2.05) is 6.07 Å². The van der Waals surface area contributed by atoms with E-state index < -0.39 is 20.7 Å². The first-order valence-corrected chi connectivity index (χ1v) is 10.3. The average Bonchev–Trinajstić information content (AvgIpc) is 2.95. The van der Waals surface area contributed by atoms with Gasteiger partial charge in [0.25, 0.3) is 0 Å². The molecule has 0 amide bonds. The van der Waals surface area contributed by atoms with Crippen molar-refractivity contribution in [2.24, 2.45) is 15.9 Å². The highest BCUT2D eigenvalue weighted by Crippen LogP contribution is 2.34. The fraction of sp³-hybridized carbons (Fsp3) is 0.0625. The number of nitrogens with two attached hydrogens (primary N) is 2. The third-order valence-corrected chi connectivity index (χ3v) is 5.61. The van der Waals surface area contributed by atoms with E-state index in [9.17, 15) is 12.8 Å². The molecule has 0 radical (unpaired) electrons. The van der Waals surface area contributed by atoms with Gasteiger partial charge in [0.1, 0.15) is 16.5 Å². The number of benzene rings is 2. The predicted octanol–water partition coefficient (Wildman–Crippen LogP) is 3.23. The maximum Gasteiger partial charge on any atom is 0.240 e. The normalized spacial score (nSPS) is 14.2. The second-order valence-corrected chi connectivity index (χ2v) is 8.65. The topological polar surface area (TPSA) is 111 Å². The number of sulfonamides is 1. The van der Waals surface area contributed by atoms with E-state index in [2.05, 4.69) is 32.9 Å². The largest absolute Gasteiger partial charge is 0.383 e. The Morgan fingerprint density at radius 3 is 2.54 bits per heavy atom. The smallest absolute Gasteiger partial charge is 0.240 e. The molecule has 0 unspecified atom stereocenters. The Balaban J connectivity index is 2.17. The van der Waals surface area contributed by atoms with Crippen LogP contribution in [0.15, 0.2) is 46.3 Å². The van der Waals surface area contributed by atoms with Gasteiger partial charge in [-0.2, -0.15) is 0 Å². The van der Waals surface area contributed by atoms with E-state index in [1.54, 1.807) is 18.2 Å². The fourth-order valence-electron chi connectivity index (χ4n) is 2.51. The van der Waals surface area contributed by atoms with E-state index in [0.717, 1.165) is 15.7 Å². The van der Waals surface area contributed by atoms with Crippen molar-refractivity contribution in [3.63, 3.8) is 0 Å². The fourth-order valence-corrected chi connectivity index (χ4v) is 4.02. The molecule has 2 aromatic rings. The molecule has 5 N–H and O–H groups in total. The Hall–Kier alpha value is -1.69. The molecule has 0 atom stereocenters. The molecule has 0 spiro atoms. The maximum absolute atomic E-state index is 14.4. The van der Waals surface area contributed by atoms with Gasteiger partial charge in [0, 0.05) is 20.4 Å². The first-order chi connectivity index (χ1) is 12.2. The summed E-state index contributed by atoms with van der Waals surface area (Å²) in [6, 6.07) is 7.50. The molecule has 1 aliphatic heterocycles. The summed E-state index contributed by atoms with van der Waals surface area (Å²) in [5, 5.41) is 8.57. The van der Waals surface area contributed by atoms with Crippen molar-refractivity contribution < 1.29 is 12.8 Å². The third-order valence-electron chi connectivity index (χ3n) is 3.70. The van der Waals surface area contributed by atoms with Crippen molar-refractivity contribution in [3.8, 4) is 0 Å². The van der Waals surface area contributed by atoms with E-state index in [4.69, 9.17) is 22.5 Å². The van der Waals surface area contributed by atoms with Crippen LogP contribution < -0.4 is 16.2 Å².